The number of hydrogen-bond acceptors (Lipinski definition) is 3. The minimum atomic E-state index is 1.05. The number of nitrogens with zero attached hydrogens (tertiary/aromatic N) is 2. The zero-order valence-corrected chi connectivity index (χ0v) is 35.4. The maximum Gasteiger partial charge on any atom is 0.0488 e. The Balaban J connectivity index is 1.13. The smallest absolute Gasteiger partial charge is 0.0488 e. The van der Waals surface area contributed by atoms with Crippen LogP contribution in [0.3, 0.4) is 0 Å². The van der Waals surface area contributed by atoms with E-state index in [4.69, 9.17) is 0 Å². The zero-order chi connectivity index (χ0) is 42.0. The van der Waals surface area contributed by atoms with Gasteiger partial charge in [-0.3, -0.25) is 0 Å². The van der Waals surface area contributed by atoms with E-state index in [2.05, 4.69) is 265 Å². The number of rotatable bonds is 10. The lowest BCUT2D eigenvalue weighted by Gasteiger charge is -2.31. The molecule has 3 heteroatoms. The fourth-order valence-corrected chi connectivity index (χ4v) is 9.97. The first-order chi connectivity index (χ1) is 31.2. The summed E-state index contributed by atoms with van der Waals surface area (Å²) in [6, 6.07) is 92.1. The van der Waals surface area contributed by atoms with Crippen LogP contribution in [-0.2, 0) is 0 Å². The van der Waals surface area contributed by atoms with Crippen molar-refractivity contribution in [3.63, 3.8) is 0 Å². The molecule has 0 bridgehead atoms. The van der Waals surface area contributed by atoms with Crippen molar-refractivity contribution in [2.24, 2.45) is 0 Å². The molecule has 2 nitrogen and oxygen atoms in total. The molecule has 0 unspecified atom stereocenters. The molecular weight excluding hydrogens is 781 g/mol. The lowest BCUT2D eigenvalue weighted by molar-refractivity contribution is 1.25. The van der Waals surface area contributed by atoms with Crippen LogP contribution in [0.2, 0.25) is 0 Å². The SMILES string of the molecule is c1ccc(-c2cc(-c3ccccc3)cc(N(c3ccccc3)c3cc(-c4ccc(-c5cccc6sc7ccccc7c56)cc4)cc(N(c4ccccc4)c4ccccc4)c3)c2)cc1. The van der Waals surface area contributed by atoms with Gasteiger partial charge in [-0.05, 0) is 129 Å². The molecule has 298 valence electrons. The van der Waals surface area contributed by atoms with Gasteiger partial charge >= 0.3 is 0 Å². The number of fused-ring (bicyclic) bond motifs is 3. The van der Waals surface area contributed by atoms with Crippen molar-refractivity contribution in [3.05, 3.63) is 255 Å². The summed E-state index contributed by atoms with van der Waals surface area (Å²) in [6.45, 7) is 0. The van der Waals surface area contributed by atoms with Gasteiger partial charge in [0.05, 0.1) is 0 Å². The Morgan fingerprint density at radius 1 is 0.238 bits per heavy atom. The Morgan fingerprint density at radius 2 is 0.619 bits per heavy atom. The van der Waals surface area contributed by atoms with Crippen LogP contribution in [0.25, 0.3) is 64.7 Å². The van der Waals surface area contributed by atoms with Crippen molar-refractivity contribution in [2.45, 2.75) is 0 Å². The molecule has 1 heterocycles. The van der Waals surface area contributed by atoms with Gasteiger partial charge in [-0.2, -0.15) is 0 Å². The van der Waals surface area contributed by atoms with E-state index in [1.54, 1.807) is 0 Å². The van der Waals surface area contributed by atoms with E-state index in [1.807, 2.05) is 11.3 Å². The molecule has 63 heavy (non-hydrogen) atoms. The summed E-state index contributed by atoms with van der Waals surface area (Å²) >= 11 is 1.86. The largest absolute Gasteiger partial charge is 0.310 e. The molecule has 0 aliphatic heterocycles. The highest BCUT2D eigenvalue weighted by Gasteiger charge is 2.21. The summed E-state index contributed by atoms with van der Waals surface area (Å²) < 4.78 is 2.63. The molecule has 0 aliphatic carbocycles. The van der Waals surface area contributed by atoms with Crippen LogP contribution in [0.1, 0.15) is 0 Å². The lowest BCUT2D eigenvalue weighted by atomic mass is 9.95. The van der Waals surface area contributed by atoms with Crippen molar-refractivity contribution in [2.75, 3.05) is 9.80 Å². The lowest BCUT2D eigenvalue weighted by Crippen LogP contribution is -2.14. The number of anilines is 6. The molecule has 11 aromatic rings. The summed E-state index contributed by atoms with van der Waals surface area (Å²) in [5, 5.41) is 2.63. The average Bonchev–Trinajstić information content (AvgIpc) is 3.75. The van der Waals surface area contributed by atoms with E-state index in [-0.39, 0.29) is 0 Å². The van der Waals surface area contributed by atoms with Crippen molar-refractivity contribution in [3.8, 4) is 44.5 Å². The summed E-state index contributed by atoms with van der Waals surface area (Å²) in [4.78, 5) is 4.78. The van der Waals surface area contributed by atoms with Gasteiger partial charge in [-0.1, -0.05) is 170 Å². The minimum Gasteiger partial charge on any atom is -0.310 e. The van der Waals surface area contributed by atoms with Crippen molar-refractivity contribution >= 4 is 65.6 Å². The quantitative estimate of drug-likeness (QED) is 0.136. The van der Waals surface area contributed by atoms with Crippen LogP contribution < -0.4 is 9.80 Å². The van der Waals surface area contributed by atoms with E-state index < -0.39 is 0 Å². The van der Waals surface area contributed by atoms with Crippen LogP contribution in [0, 0.1) is 0 Å². The molecule has 0 fully saturated rings. The van der Waals surface area contributed by atoms with Crippen LogP contribution in [0.4, 0.5) is 34.1 Å². The molecule has 0 amide bonds. The number of para-hydroxylation sites is 3. The van der Waals surface area contributed by atoms with Crippen molar-refractivity contribution in [1.82, 2.24) is 0 Å². The van der Waals surface area contributed by atoms with Gasteiger partial charge in [0, 0.05) is 54.3 Å². The molecule has 0 saturated heterocycles. The van der Waals surface area contributed by atoms with Crippen LogP contribution in [0.5, 0.6) is 0 Å². The predicted molar refractivity (Wildman–Crippen MR) is 270 cm³/mol. The standard InChI is InChI=1S/C60H42N2S/c1-6-19-43(20-7-1)47-37-48(44-21-8-2-9-22-44)39-53(38-47)62(52-27-14-5-15-28-52)55-41-49(40-54(42-55)61(50-23-10-3-11-24-50)51-25-12-4-13-26-51)45-33-35-46(36-34-45)56-30-18-32-59-60(56)57-29-16-17-31-58(57)63-59/h1-42H. The molecule has 0 radical (unpaired) electrons. The third kappa shape index (κ3) is 7.56. The fraction of sp³-hybridized carbons (Fsp3) is 0. The second-order valence-electron chi connectivity index (χ2n) is 15.8. The molecule has 0 N–H and O–H groups in total. The third-order valence-electron chi connectivity index (χ3n) is 11.8. The van der Waals surface area contributed by atoms with E-state index in [9.17, 15) is 0 Å². The summed E-state index contributed by atoms with van der Waals surface area (Å²) in [6.07, 6.45) is 0. The highest BCUT2D eigenvalue weighted by atomic mass is 32.1. The second kappa shape index (κ2) is 16.8. The van der Waals surface area contributed by atoms with Crippen LogP contribution in [0.15, 0.2) is 255 Å². The molecule has 0 saturated carbocycles. The summed E-state index contributed by atoms with van der Waals surface area (Å²) in [7, 11) is 0. The van der Waals surface area contributed by atoms with Crippen molar-refractivity contribution < 1.29 is 0 Å². The zero-order valence-electron chi connectivity index (χ0n) is 34.6. The molecule has 11 rings (SSSR count). The summed E-state index contributed by atoms with van der Waals surface area (Å²) in [5.41, 5.74) is 15.8. The summed E-state index contributed by atoms with van der Waals surface area (Å²) in [5.74, 6) is 0. The van der Waals surface area contributed by atoms with Crippen molar-refractivity contribution in [1.29, 1.82) is 0 Å². The Bertz CT molecular complexity index is 3210. The Hall–Kier alpha value is -7.98. The van der Waals surface area contributed by atoms with Gasteiger partial charge in [0.25, 0.3) is 0 Å². The van der Waals surface area contributed by atoms with Gasteiger partial charge < -0.3 is 9.80 Å². The molecule has 0 spiro atoms. The van der Waals surface area contributed by atoms with Gasteiger partial charge in [0.2, 0.25) is 0 Å². The predicted octanol–water partition coefficient (Wildman–Crippen LogP) is 17.7. The van der Waals surface area contributed by atoms with Gasteiger partial charge in [0.15, 0.2) is 0 Å². The molecular formula is C60H42N2S. The van der Waals surface area contributed by atoms with Gasteiger partial charge in [0.1, 0.15) is 0 Å². The maximum absolute atomic E-state index is 2.41. The first-order valence-electron chi connectivity index (χ1n) is 21.4. The van der Waals surface area contributed by atoms with Gasteiger partial charge in [-0.15, -0.1) is 11.3 Å². The monoisotopic (exact) mass is 822 g/mol. The highest BCUT2D eigenvalue weighted by Crippen LogP contribution is 2.46. The molecule has 10 aromatic carbocycles. The Labute approximate surface area is 372 Å². The number of thiophene rings is 1. The van der Waals surface area contributed by atoms with E-state index in [1.165, 1.54) is 42.4 Å². The third-order valence-corrected chi connectivity index (χ3v) is 12.9. The topological polar surface area (TPSA) is 6.48 Å². The normalized spacial score (nSPS) is 11.2. The fourth-order valence-electron chi connectivity index (χ4n) is 8.84. The van der Waals surface area contributed by atoms with Gasteiger partial charge in [-0.25, -0.2) is 0 Å². The minimum absolute atomic E-state index is 1.05. The van der Waals surface area contributed by atoms with E-state index >= 15 is 0 Å². The first kappa shape index (κ1) is 38.0. The maximum atomic E-state index is 2.41. The molecule has 0 aliphatic rings. The number of benzene rings is 10. The van der Waals surface area contributed by atoms with E-state index in [0.29, 0.717) is 0 Å². The highest BCUT2D eigenvalue weighted by molar-refractivity contribution is 7.25. The molecule has 0 atom stereocenters. The first-order valence-corrected chi connectivity index (χ1v) is 22.2. The Kier molecular flexibility index (Phi) is 10.1. The molecule has 1 aromatic heterocycles. The number of hydrogen-bond donors (Lipinski definition) is 0. The average molecular weight is 823 g/mol. The Morgan fingerprint density at radius 3 is 1.14 bits per heavy atom. The van der Waals surface area contributed by atoms with Crippen LogP contribution >= 0.6 is 11.3 Å². The van der Waals surface area contributed by atoms with Crippen LogP contribution in [-0.4, -0.2) is 0 Å². The second-order valence-corrected chi connectivity index (χ2v) is 16.9. The van der Waals surface area contributed by atoms with E-state index in [0.717, 1.165) is 56.4 Å².